The van der Waals surface area contributed by atoms with Gasteiger partial charge in [0.25, 0.3) is 0 Å². The summed E-state index contributed by atoms with van der Waals surface area (Å²) in [4.78, 5) is 11.4. The Morgan fingerprint density at radius 1 is 1.12 bits per heavy atom. The maximum Gasteiger partial charge on any atom is 0.243 e. The van der Waals surface area contributed by atoms with Crippen LogP contribution in [0, 0.1) is 5.92 Å². The Morgan fingerprint density at radius 2 is 1.92 bits per heavy atom. The second-order valence-electron chi connectivity index (χ2n) is 6.31. The van der Waals surface area contributed by atoms with Crippen LogP contribution in [0.1, 0.15) is 45.1 Å². The molecule has 0 aliphatic heterocycles. The van der Waals surface area contributed by atoms with Gasteiger partial charge in [-0.2, -0.15) is 0 Å². The van der Waals surface area contributed by atoms with Crippen molar-refractivity contribution >= 4 is 5.91 Å². The van der Waals surface area contributed by atoms with Gasteiger partial charge in [0, 0.05) is 19.2 Å². The summed E-state index contributed by atoms with van der Waals surface area (Å²) >= 11 is 0. The highest BCUT2D eigenvalue weighted by atomic mass is 16.5. The van der Waals surface area contributed by atoms with Crippen LogP contribution in [0.25, 0.3) is 0 Å². The minimum Gasteiger partial charge on any atom is -0.377 e. The van der Waals surface area contributed by atoms with E-state index in [2.05, 4.69) is 37.4 Å². The lowest BCUT2D eigenvalue weighted by Gasteiger charge is -2.04. The van der Waals surface area contributed by atoms with Crippen molar-refractivity contribution in [2.75, 3.05) is 13.2 Å². The minimum absolute atomic E-state index is 0.0242. The van der Waals surface area contributed by atoms with Gasteiger partial charge < -0.3 is 10.1 Å². The van der Waals surface area contributed by atoms with E-state index in [4.69, 9.17) is 4.74 Å². The minimum atomic E-state index is -0.0242. The molecule has 0 saturated heterocycles. The van der Waals surface area contributed by atoms with Gasteiger partial charge in [0.2, 0.25) is 5.91 Å². The number of ether oxygens (including phenoxy) is 1. The monoisotopic (exact) mass is 329 g/mol. The number of unbranched alkanes of at least 4 members (excludes halogenated alkanes) is 3. The Balaban J connectivity index is 1.93. The van der Waals surface area contributed by atoms with Gasteiger partial charge in [0.05, 0.1) is 6.61 Å². The van der Waals surface area contributed by atoms with E-state index in [9.17, 15) is 4.79 Å². The molecule has 0 atom stereocenters. The Labute approximate surface area is 146 Å². The molecule has 1 aromatic carbocycles. The average Bonchev–Trinajstić information content (AvgIpc) is 2.58. The van der Waals surface area contributed by atoms with Crippen molar-refractivity contribution in [1.82, 2.24) is 5.32 Å². The summed E-state index contributed by atoms with van der Waals surface area (Å²) < 4.78 is 5.66. The lowest BCUT2D eigenvalue weighted by molar-refractivity contribution is -0.116. The van der Waals surface area contributed by atoms with Crippen LogP contribution in [-0.4, -0.2) is 19.1 Å². The first-order valence-corrected chi connectivity index (χ1v) is 8.91. The molecule has 0 unspecified atom stereocenters. The van der Waals surface area contributed by atoms with Gasteiger partial charge in [-0.25, -0.2) is 0 Å². The standard InChI is InChI=1S/C21H31NO2/c1-19(2)17-22-21(23)15-11-6-4-3-5-7-12-16-24-18-20-13-9-8-10-14-20/h4,6,8-11,13-15,19H,3,5,7,12,16-18H2,1-2H3,(H,22,23)/b6-4+,15-11+. The summed E-state index contributed by atoms with van der Waals surface area (Å²) in [5.41, 5.74) is 1.23. The predicted octanol–water partition coefficient (Wildman–Crippen LogP) is 4.65. The van der Waals surface area contributed by atoms with Gasteiger partial charge in [-0.1, -0.05) is 68.8 Å². The van der Waals surface area contributed by atoms with Crippen molar-refractivity contribution in [2.45, 2.75) is 46.1 Å². The van der Waals surface area contributed by atoms with Crippen molar-refractivity contribution < 1.29 is 9.53 Å². The summed E-state index contributed by atoms with van der Waals surface area (Å²) in [5, 5.41) is 2.85. The smallest absolute Gasteiger partial charge is 0.243 e. The second kappa shape index (κ2) is 13.6. The number of carbonyl (C=O) groups excluding carboxylic acids is 1. The average molecular weight is 329 g/mol. The molecule has 3 nitrogen and oxygen atoms in total. The summed E-state index contributed by atoms with van der Waals surface area (Å²) in [5.74, 6) is 0.457. The fraction of sp³-hybridized carbons (Fsp3) is 0.476. The maximum atomic E-state index is 11.4. The molecule has 0 radical (unpaired) electrons. The molecule has 0 aromatic heterocycles. The third-order valence-corrected chi connectivity index (χ3v) is 3.45. The van der Waals surface area contributed by atoms with Crippen LogP contribution in [0.15, 0.2) is 54.6 Å². The van der Waals surface area contributed by atoms with Crippen LogP contribution < -0.4 is 5.32 Å². The molecule has 0 fully saturated rings. The Kier molecular flexibility index (Phi) is 11.4. The molecule has 1 amide bonds. The number of allylic oxidation sites excluding steroid dienone is 3. The summed E-state index contributed by atoms with van der Waals surface area (Å²) in [7, 11) is 0. The number of amides is 1. The molecule has 0 spiro atoms. The van der Waals surface area contributed by atoms with Crippen molar-refractivity contribution in [2.24, 2.45) is 5.92 Å². The largest absolute Gasteiger partial charge is 0.377 e. The first-order valence-electron chi connectivity index (χ1n) is 8.91. The lowest BCUT2D eigenvalue weighted by atomic mass is 10.2. The Hall–Kier alpha value is -1.87. The molecule has 0 aliphatic carbocycles. The number of rotatable bonds is 12. The summed E-state index contributed by atoms with van der Waals surface area (Å²) in [6, 6.07) is 10.3. The highest BCUT2D eigenvalue weighted by molar-refractivity contribution is 5.87. The van der Waals surface area contributed by atoms with E-state index in [-0.39, 0.29) is 5.91 Å². The quantitative estimate of drug-likeness (QED) is 0.344. The Morgan fingerprint density at radius 3 is 2.67 bits per heavy atom. The van der Waals surface area contributed by atoms with E-state index >= 15 is 0 Å². The first kappa shape index (κ1) is 20.2. The molecule has 0 aliphatic rings. The van der Waals surface area contributed by atoms with E-state index < -0.39 is 0 Å². The van der Waals surface area contributed by atoms with Crippen LogP contribution in [0.5, 0.6) is 0 Å². The molecule has 3 heteroatoms. The highest BCUT2D eigenvalue weighted by Gasteiger charge is 1.96. The number of hydrogen-bond acceptors (Lipinski definition) is 2. The zero-order chi connectivity index (χ0) is 17.5. The third-order valence-electron chi connectivity index (χ3n) is 3.45. The normalized spacial score (nSPS) is 11.6. The van der Waals surface area contributed by atoms with Gasteiger partial charge in [-0.05, 0) is 30.7 Å². The summed E-state index contributed by atoms with van der Waals surface area (Å²) in [6.07, 6.45) is 11.9. The second-order valence-corrected chi connectivity index (χ2v) is 6.31. The SMILES string of the molecule is CC(C)CNC(=O)/C=C/C=C/CCCCCOCc1ccccc1. The fourth-order valence-corrected chi connectivity index (χ4v) is 2.09. The van der Waals surface area contributed by atoms with Gasteiger partial charge in [-0.15, -0.1) is 0 Å². The molecule has 0 saturated carbocycles. The van der Waals surface area contributed by atoms with Crippen molar-refractivity contribution in [3.05, 3.63) is 60.2 Å². The molecule has 1 N–H and O–H groups in total. The van der Waals surface area contributed by atoms with Gasteiger partial charge >= 0.3 is 0 Å². The molecule has 1 aromatic rings. The maximum absolute atomic E-state index is 11.4. The predicted molar refractivity (Wildman–Crippen MR) is 101 cm³/mol. The van der Waals surface area contributed by atoms with E-state index in [1.54, 1.807) is 12.2 Å². The van der Waals surface area contributed by atoms with Crippen LogP contribution in [0.2, 0.25) is 0 Å². The van der Waals surface area contributed by atoms with E-state index in [0.717, 1.165) is 38.8 Å². The number of benzene rings is 1. The third kappa shape index (κ3) is 11.7. The topological polar surface area (TPSA) is 38.3 Å². The van der Waals surface area contributed by atoms with E-state index in [0.29, 0.717) is 12.5 Å². The molecular formula is C21H31NO2. The zero-order valence-corrected chi connectivity index (χ0v) is 15.0. The molecule has 0 heterocycles. The molecule has 24 heavy (non-hydrogen) atoms. The number of hydrogen-bond donors (Lipinski definition) is 1. The number of nitrogens with one attached hydrogen (secondary N) is 1. The highest BCUT2D eigenvalue weighted by Crippen LogP contribution is 2.04. The molecular weight excluding hydrogens is 298 g/mol. The fourth-order valence-electron chi connectivity index (χ4n) is 2.09. The number of carbonyl (C=O) groups is 1. The van der Waals surface area contributed by atoms with Gasteiger partial charge in [-0.3, -0.25) is 4.79 Å². The van der Waals surface area contributed by atoms with Crippen LogP contribution in [0.4, 0.5) is 0 Å². The van der Waals surface area contributed by atoms with Gasteiger partial charge in [0.1, 0.15) is 0 Å². The van der Waals surface area contributed by atoms with Crippen LogP contribution in [0.3, 0.4) is 0 Å². The van der Waals surface area contributed by atoms with Crippen molar-refractivity contribution in [3.63, 3.8) is 0 Å². The molecule has 1 rings (SSSR count). The first-order chi connectivity index (χ1) is 11.7. The van der Waals surface area contributed by atoms with Crippen molar-refractivity contribution in [3.8, 4) is 0 Å². The van der Waals surface area contributed by atoms with Crippen LogP contribution in [-0.2, 0) is 16.1 Å². The van der Waals surface area contributed by atoms with Gasteiger partial charge in [0.15, 0.2) is 0 Å². The van der Waals surface area contributed by atoms with E-state index in [1.165, 1.54) is 5.56 Å². The Bertz CT molecular complexity index is 492. The van der Waals surface area contributed by atoms with E-state index in [1.807, 2.05) is 24.3 Å². The lowest BCUT2D eigenvalue weighted by Crippen LogP contribution is -2.25. The summed E-state index contributed by atoms with van der Waals surface area (Å²) in [6.45, 7) is 6.39. The molecule has 132 valence electrons. The zero-order valence-electron chi connectivity index (χ0n) is 15.0. The van der Waals surface area contributed by atoms with Crippen LogP contribution >= 0.6 is 0 Å². The molecule has 0 bridgehead atoms. The van der Waals surface area contributed by atoms with Crippen molar-refractivity contribution in [1.29, 1.82) is 0 Å².